The van der Waals surface area contributed by atoms with Gasteiger partial charge >= 0.3 is 0 Å². The van der Waals surface area contributed by atoms with Gasteiger partial charge in [0.15, 0.2) is 0 Å². The average molecular weight is 330 g/mol. The van der Waals surface area contributed by atoms with E-state index in [4.69, 9.17) is 0 Å². The average Bonchev–Trinajstić information content (AvgIpc) is 3.08. The number of carbonyl (C=O) groups is 1. The Hall–Kier alpha value is -2.81. The molecular weight excluding hydrogens is 308 g/mol. The van der Waals surface area contributed by atoms with E-state index in [2.05, 4.69) is 29.3 Å². The monoisotopic (exact) mass is 330 g/mol. The number of carbonyl (C=O) groups excluding carboxylic acids is 1. The van der Waals surface area contributed by atoms with Crippen LogP contribution >= 0.6 is 0 Å². The third-order valence-electron chi connectivity index (χ3n) is 4.95. The molecule has 0 aromatic heterocycles. The summed E-state index contributed by atoms with van der Waals surface area (Å²) in [6, 6.07) is 22.0. The van der Waals surface area contributed by atoms with Crippen LogP contribution in [-0.4, -0.2) is 19.0 Å². The van der Waals surface area contributed by atoms with E-state index in [1.165, 1.54) is 12.1 Å². The van der Waals surface area contributed by atoms with Crippen LogP contribution in [-0.2, 0) is 0 Å². The summed E-state index contributed by atoms with van der Waals surface area (Å²) in [6.07, 6.45) is 1.25. The summed E-state index contributed by atoms with van der Waals surface area (Å²) in [7, 11) is 0. The molecule has 1 N–H and O–H groups in total. The normalized spacial score (nSPS) is 17.0. The van der Waals surface area contributed by atoms with Crippen molar-refractivity contribution >= 4 is 28.1 Å². The molecule has 0 saturated carbocycles. The number of nitrogens with one attached hydrogen (secondary N) is 1. The van der Waals surface area contributed by atoms with Gasteiger partial charge in [-0.05, 0) is 53.4 Å². The molecule has 1 unspecified atom stereocenters. The van der Waals surface area contributed by atoms with Gasteiger partial charge in [-0.15, -0.1) is 0 Å². The fraction of sp³-hybridized carbons (Fsp3) is 0.227. The van der Waals surface area contributed by atoms with Crippen LogP contribution in [0, 0.1) is 5.92 Å². The molecule has 3 aromatic rings. The van der Waals surface area contributed by atoms with Gasteiger partial charge in [0.1, 0.15) is 0 Å². The number of rotatable bonds is 3. The molecule has 0 aliphatic carbocycles. The zero-order chi connectivity index (χ0) is 17.2. The van der Waals surface area contributed by atoms with Gasteiger partial charge in [-0.3, -0.25) is 4.79 Å². The highest BCUT2D eigenvalue weighted by molar-refractivity contribution is 6.12. The summed E-state index contributed by atoms with van der Waals surface area (Å²) in [5.74, 6) is 0.685. The smallest absolute Gasteiger partial charge is 0.256 e. The highest BCUT2D eigenvalue weighted by atomic mass is 16.1. The lowest BCUT2D eigenvalue weighted by atomic mass is 10.0. The molecule has 3 aromatic carbocycles. The predicted molar refractivity (Wildman–Crippen MR) is 104 cm³/mol. The second-order valence-electron chi connectivity index (χ2n) is 6.87. The molecule has 1 atom stereocenters. The summed E-state index contributed by atoms with van der Waals surface area (Å²) in [4.78, 5) is 15.1. The second-order valence-corrected chi connectivity index (χ2v) is 6.87. The first-order valence-electron chi connectivity index (χ1n) is 8.85. The molecule has 1 heterocycles. The first-order chi connectivity index (χ1) is 12.2. The van der Waals surface area contributed by atoms with E-state index in [9.17, 15) is 4.79 Å². The maximum Gasteiger partial charge on any atom is 0.256 e. The van der Waals surface area contributed by atoms with Crippen LogP contribution in [0.15, 0.2) is 66.7 Å². The maximum atomic E-state index is 12.7. The quantitative estimate of drug-likeness (QED) is 0.738. The molecule has 0 bridgehead atoms. The number of fused-ring (bicyclic) bond motifs is 1. The van der Waals surface area contributed by atoms with E-state index in [-0.39, 0.29) is 5.91 Å². The minimum atomic E-state index is -0.0701. The highest BCUT2D eigenvalue weighted by Crippen LogP contribution is 2.25. The number of hydrogen-bond donors (Lipinski definition) is 1. The van der Waals surface area contributed by atoms with Gasteiger partial charge in [-0.1, -0.05) is 43.3 Å². The van der Waals surface area contributed by atoms with Gasteiger partial charge in [0.25, 0.3) is 5.91 Å². The molecule has 1 amide bonds. The molecule has 0 spiro atoms. The van der Waals surface area contributed by atoms with E-state index >= 15 is 0 Å². The van der Waals surface area contributed by atoms with Gasteiger partial charge in [0, 0.05) is 30.0 Å². The Labute approximate surface area is 148 Å². The summed E-state index contributed by atoms with van der Waals surface area (Å²) < 4.78 is 0. The first kappa shape index (κ1) is 15.7. The molecule has 1 fully saturated rings. The number of nitrogens with zero attached hydrogens (tertiary/aromatic N) is 1. The molecule has 1 saturated heterocycles. The number of benzene rings is 3. The zero-order valence-corrected chi connectivity index (χ0v) is 14.4. The Morgan fingerprint density at radius 2 is 1.76 bits per heavy atom. The lowest BCUT2D eigenvalue weighted by Gasteiger charge is -2.18. The summed E-state index contributed by atoms with van der Waals surface area (Å²) in [5, 5.41) is 5.07. The summed E-state index contributed by atoms with van der Waals surface area (Å²) >= 11 is 0. The fourth-order valence-electron chi connectivity index (χ4n) is 3.55. The largest absolute Gasteiger partial charge is 0.371 e. The topological polar surface area (TPSA) is 32.3 Å². The summed E-state index contributed by atoms with van der Waals surface area (Å²) in [5.41, 5.74) is 2.76. The van der Waals surface area contributed by atoms with Gasteiger partial charge < -0.3 is 10.2 Å². The lowest BCUT2D eigenvalue weighted by molar-refractivity contribution is 0.102. The van der Waals surface area contributed by atoms with Gasteiger partial charge in [0.05, 0.1) is 0 Å². The van der Waals surface area contributed by atoms with Crippen molar-refractivity contribution in [2.24, 2.45) is 5.92 Å². The Kier molecular flexibility index (Phi) is 4.14. The van der Waals surface area contributed by atoms with E-state index in [1.54, 1.807) is 0 Å². The third kappa shape index (κ3) is 3.22. The van der Waals surface area contributed by atoms with Crippen molar-refractivity contribution in [2.75, 3.05) is 23.3 Å². The molecule has 126 valence electrons. The van der Waals surface area contributed by atoms with Crippen LogP contribution in [0.25, 0.3) is 10.8 Å². The van der Waals surface area contributed by atoms with Crippen LogP contribution in [0.2, 0.25) is 0 Å². The highest BCUT2D eigenvalue weighted by Gasteiger charge is 2.18. The molecule has 25 heavy (non-hydrogen) atoms. The molecule has 1 aliphatic heterocycles. The van der Waals surface area contributed by atoms with Crippen LogP contribution in [0.5, 0.6) is 0 Å². The van der Waals surface area contributed by atoms with Crippen LogP contribution in [0.3, 0.4) is 0 Å². The number of hydrogen-bond acceptors (Lipinski definition) is 2. The molecule has 4 rings (SSSR count). The van der Waals surface area contributed by atoms with Crippen molar-refractivity contribution in [1.82, 2.24) is 0 Å². The lowest BCUT2D eigenvalue weighted by Crippen LogP contribution is -2.19. The van der Waals surface area contributed by atoms with Crippen molar-refractivity contribution in [3.8, 4) is 0 Å². The molecule has 3 nitrogen and oxygen atoms in total. The number of amides is 1. The van der Waals surface area contributed by atoms with Gasteiger partial charge in [0.2, 0.25) is 0 Å². The second kappa shape index (κ2) is 6.60. The zero-order valence-electron chi connectivity index (χ0n) is 14.4. The Balaban J connectivity index is 1.52. The third-order valence-corrected chi connectivity index (χ3v) is 4.95. The summed E-state index contributed by atoms with van der Waals surface area (Å²) in [6.45, 7) is 4.52. The van der Waals surface area contributed by atoms with Crippen molar-refractivity contribution in [2.45, 2.75) is 13.3 Å². The van der Waals surface area contributed by atoms with E-state index < -0.39 is 0 Å². The Bertz CT molecular complexity index is 896. The Morgan fingerprint density at radius 1 is 1.00 bits per heavy atom. The molecule has 3 heteroatoms. The standard InChI is InChI=1S/C22H22N2O/c1-16-13-14-24(15-16)19-11-9-18(10-12-19)23-22(25)21-8-4-6-17-5-2-3-7-20(17)21/h2-12,16H,13-15H2,1H3,(H,23,25). The van der Waals surface area contributed by atoms with Crippen molar-refractivity contribution < 1.29 is 4.79 Å². The van der Waals surface area contributed by atoms with Crippen molar-refractivity contribution in [1.29, 1.82) is 0 Å². The molecule has 1 aliphatic rings. The first-order valence-corrected chi connectivity index (χ1v) is 8.85. The van der Waals surface area contributed by atoms with E-state index in [0.717, 1.165) is 35.5 Å². The van der Waals surface area contributed by atoms with Crippen LogP contribution in [0.1, 0.15) is 23.7 Å². The SMILES string of the molecule is CC1CCN(c2ccc(NC(=O)c3cccc4ccccc34)cc2)C1. The Morgan fingerprint density at radius 3 is 2.52 bits per heavy atom. The maximum absolute atomic E-state index is 12.7. The van der Waals surface area contributed by atoms with Crippen LogP contribution in [0.4, 0.5) is 11.4 Å². The van der Waals surface area contributed by atoms with Crippen molar-refractivity contribution in [3.05, 3.63) is 72.3 Å². The van der Waals surface area contributed by atoms with Crippen molar-refractivity contribution in [3.63, 3.8) is 0 Å². The minimum absolute atomic E-state index is 0.0701. The van der Waals surface area contributed by atoms with Gasteiger partial charge in [-0.2, -0.15) is 0 Å². The van der Waals surface area contributed by atoms with E-state index in [0.29, 0.717) is 5.56 Å². The predicted octanol–water partition coefficient (Wildman–Crippen LogP) is 4.94. The van der Waals surface area contributed by atoms with E-state index in [1.807, 2.05) is 54.6 Å². The minimum Gasteiger partial charge on any atom is -0.371 e. The molecular formula is C22H22N2O. The van der Waals surface area contributed by atoms with Gasteiger partial charge in [-0.25, -0.2) is 0 Å². The number of anilines is 2. The van der Waals surface area contributed by atoms with Crippen LogP contribution < -0.4 is 10.2 Å². The fourth-order valence-corrected chi connectivity index (χ4v) is 3.55. The molecule has 0 radical (unpaired) electrons.